The molecule has 0 aliphatic rings. The molecule has 0 bridgehead atoms. The third-order valence-corrected chi connectivity index (χ3v) is 3.83. The number of hydrogen-bond acceptors (Lipinski definition) is 7. The maximum atomic E-state index is 12.3. The van der Waals surface area contributed by atoms with Crippen LogP contribution in [0.5, 0.6) is 17.2 Å². The van der Waals surface area contributed by atoms with Crippen molar-refractivity contribution < 1.29 is 23.9 Å². The topological polar surface area (TPSA) is 112 Å². The van der Waals surface area contributed by atoms with Gasteiger partial charge in [-0.3, -0.25) is 14.9 Å². The lowest BCUT2D eigenvalue weighted by Crippen LogP contribution is -2.18. The standard InChI is InChI=1S/C17H16ClN3O6/c1-25-14-7-10(8-15(26-2)16(14)27-3)17(22)20-19-9-11-6-12(21(23)24)4-5-13(11)18/h4-9H,1-3H3,(H,20,22). The molecule has 0 saturated heterocycles. The molecule has 27 heavy (non-hydrogen) atoms. The van der Waals surface area contributed by atoms with Crippen LogP contribution in [0.3, 0.4) is 0 Å². The summed E-state index contributed by atoms with van der Waals surface area (Å²) in [7, 11) is 4.32. The molecular formula is C17H16ClN3O6. The fourth-order valence-corrected chi connectivity index (χ4v) is 2.35. The largest absolute Gasteiger partial charge is 0.493 e. The number of nitrogens with zero attached hydrogens (tertiary/aromatic N) is 2. The highest BCUT2D eigenvalue weighted by atomic mass is 35.5. The van der Waals surface area contributed by atoms with Crippen LogP contribution in [-0.2, 0) is 0 Å². The second kappa shape index (κ2) is 8.86. The normalized spacial score (nSPS) is 10.5. The van der Waals surface area contributed by atoms with Gasteiger partial charge in [-0.2, -0.15) is 5.10 Å². The number of nitro benzene ring substituents is 1. The Labute approximate surface area is 159 Å². The molecule has 9 nitrogen and oxygen atoms in total. The van der Waals surface area contributed by atoms with E-state index < -0.39 is 10.8 Å². The maximum absolute atomic E-state index is 12.3. The molecule has 10 heteroatoms. The molecule has 0 heterocycles. The summed E-state index contributed by atoms with van der Waals surface area (Å²) in [4.78, 5) is 22.6. The fraction of sp³-hybridized carbons (Fsp3) is 0.176. The molecule has 2 aromatic rings. The van der Waals surface area contributed by atoms with Crippen LogP contribution in [0.25, 0.3) is 0 Å². The van der Waals surface area contributed by atoms with Crippen LogP contribution in [0.1, 0.15) is 15.9 Å². The number of ether oxygens (including phenoxy) is 3. The third-order valence-electron chi connectivity index (χ3n) is 3.49. The van der Waals surface area contributed by atoms with Crippen molar-refractivity contribution in [1.29, 1.82) is 0 Å². The molecule has 0 aliphatic carbocycles. The lowest BCUT2D eigenvalue weighted by Gasteiger charge is -2.13. The number of amides is 1. The van der Waals surface area contributed by atoms with Crippen LogP contribution in [-0.4, -0.2) is 38.4 Å². The second-order valence-electron chi connectivity index (χ2n) is 5.08. The van der Waals surface area contributed by atoms with Crippen LogP contribution < -0.4 is 19.6 Å². The van der Waals surface area contributed by atoms with E-state index in [0.717, 1.165) is 0 Å². The molecule has 1 N–H and O–H groups in total. The van der Waals surface area contributed by atoms with Crippen LogP contribution in [0.2, 0.25) is 5.02 Å². The molecule has 1 amide bonds. The first-order chi connectivity index (χ1) is 12.9. The highest BCUT2D eigenvalue weighted by Gasteiger charge is 2.16. The molecule has 2 rings (SSSR count). The molecule has 0 aliphatic heterocycles. The van der Waals surface area contributed by atoms with E-state index in [0.29, 0.717) is 17.2 Å². The van der Waals surface area contributed by atoms with Crippen LogP contribution in [0.15, 0.2) is 35.4 Å². The Morgan fingerprint density at radius 1 is 1.15 bits per heavy atom. The van der Waals surface area contributed by atoms with Crippen molar-refractivity contribution in [2.24, 2.45) is 5.10 Å². The minimum atomic E-state index is -0.553. The van der Waals surface area contributed by atoms with Gasteiger partial charge in [-0.25, -0.2) is 5.43 Å². The molecule has 0 atom stereocenters. The van der Waals surface area contributed by atoms with Gasteiger partial charge < -0.3 is 14.2 Å². The quantitative estimate of drug-likeness (QED) is 0.439. The molecule has 0 spiro atoms. The number of hydrogen-bond donors (Lipinski definition) is 1. The van der Waals surface area contributed by atoms with Gasteiger partial charge in [0.25, 0.3) is 11.6 Å². The van der Waals surface area contributed by atoms with Gasteiger partial charge in [0.2, 0.25) is 5.75 Å². The minimum absolute atomic E-state index is 0.142. The summed E-state index contributed by atoms with van der Waals surface area (Å²) in [6.07, 6.45) is 1.21. The van der Waals surface area contributed by atoms with Crippen molar-refractivity contribution in [3.8, 4) is 17.2 Å². The Morgan fingerprint density at radius 2 is 1.78 bits per heavy atom. The molecule has 142 valence electrons. The number of carbonyl (C=O) groups excluding carboxylic acids is 1. The Balaban J connectivity index is 2.22. The van der Waals surface area contributed by atoms with Crippen molar-refractivity contribution in [2.45, 2.75) is 0 Å². The number of hydrazone groups is 1. The summed E-state index contributed by atoms with van der Waals surface area (Å²) in [6, 6.07) is 6.83. The first-order valence-electron chi connectivity index (χ1n) is 7.48. The average Bonchev–Trinajstić information content (AvgIpc) is 2.67. The second-order valence-corrected chi connectivity index (χ2v) is 5.48. The highest BCUT2D eigenvalue weighted by molar-refractivity contribution is 6.33. The van der Waals surface area contributed by atoms with E-state index in [2.05, 4.69) is 10.5 Å². The number of carbonyl (C=O) groups is 1. The van der Waals surface area contributed by atoms with E-state index >= 15 is 0 Å². The highest BCUT2D eigenvalue weighted by Crippen LogP contribution is 2.38. The van der Waals surface area contributed by atoms with Gasteiger partial charge in [0.05, 0.1) is 32.5 Å². The Hall–Kier alpha value is -3.33. The smallest absolute Gasteiger partial charge is 0.271 e. The number of nitrogens with one attached hydrogen (secondary N) is 1. The number of halogens is 1. The lowest BCUT2D eigenvalue weighted by molar-refractivity contribution is -0.384. The van der Waals surface area contributed by atoms with Gasteiger partial charge in [0, 0.05) is 28.3 Å². The summed E-state index contributed by atoms with van der Waals surface area (Å²) < 4.78 is 15.6. The van der Waals surface area contributed by atoms with Gasteiger partial charge >= 0.3 is 0 Å². The van der Waals surface area contributed by atoms with Crippen molar-refractivity contribution in [2.75, 3.05) is 21.3 Å². The predicted octanol–water partition coefficient (Wildman–Crippen LogP) is 3.04. The molecule has 0 radical (unpaired) electrons. The Kier molecular flexibility index (Phi) is 6.56. The van der Waals surface area contributed by atoms with Gasteiger partial charge in [-0.15, -0.1) is 0 Å². The molecule has 2 aromatic carbocycles. The van der Waals surface area contributed by atoms with E-state index in [9.17, 15) is 14.9 Å². The van der Waals surface area contributed by atoms with Gasteiger partial charge in [0.15, 0.2) is 11.5 Å². The van der Waals surface area contributed by atoms with Gasteiger partial charge in [-0.1, -0.05) is 11.6 Å². The van der Waals surface area contributed by atoms with E-state index in [-0.39, 0.29) is 21.8 Å². The van der Waals surface area contributed by atoms with Gasteiger partial charge in [0.1, 0.15) is 0 Å². The minimum Gasteiger partial charge on any atom is -0.493 e. The van der Waals surface area contributed by atoms with Gasteiger partial charge in [-0.05, 0) is 18.2 Å². The first-order valence-corrected chi connectivity index (χ1v) is 7.86. The monoisotopic (exact) mass is 393 g/mol. The summed E-state index contributed by atoms with van der Waals surface area (Å²) >= 11 is 5.97. The van der Waals surface area contributed by atoms with Crippen molar-refractivity contribution in [1.82, 2.24) is 5.43 Å². The number of nitro groups is 1. The van der Waals surface area contributed by atoms with Crippen molar-refractivity contribution in [3.05, 3.63) is 56.6 Å². The molecular weight excluding hydrogens is 378 g/mol. The lowest BCUT2D eigenvalue weighted by atomic mass is 10.1. The van der Waals surface area contributed by atoms with Crippen molar-refractivity contribution >= 4 is 29.4 Å². The van der Waals surface area contributed by atoms with Crippen LogP contribution >= 0.6 is 11.6 Å². The summed E-state index contributed by atoms with van der Waals surface area (Å²) in [5, 5.41) is 14.9. The van der Waals surface area contributed by atoms with Crippen molar-refractivity contribution in [3.63, 3.8) is 0 Å². The Morgan fingerprint density at radius 3 is 2.30 bits per heavy atom. The Bertz CT molecular complexity index is 875. The van der Waals surface area contributed by atoms with Crippen LogP contribution in [0, 0.1) is 10.1 Å². The SMILES string of the molecule is COc1cc(C(=O)NN=Cc2cc([N+](=O)[O-])ccc2Cl)cc(OC)c1OC. The predicted molar refractivity (Wildman–Crippen MR) is 99.3 cm³/mol. The zero-order valence-electron chi connectivity index (χ0n) is 14.7. The molecule has 0 unspecified atom stereocenters. The molecule has 0 aromatic heterocycles. The molecule has 0 saturated carbocycles. The summed E-state index contributed by atoms with van der Waals surface area (Å²) in [5.74, 6) is 0.427. The third kappa shape index (κ3) is 4.64. The van der Waals surface area contributed by atoms with E-state index in [1.807, 2.05) is 0 Å². The average molecular weight is 394 g/mol. The number of non-ortho nitro benzene ring substituents is 1. The number of rotatable bonds is 7. The number of methoxy groups -OCH3 is 3. The summed E-state index contributed by atoms with van der Waals surface area (Å²) in [6.45, 7) is 0. The first kappa shape index (κ1) is 20.0. The van der Waals surface area contributed by atoms with Crippen LogP contribution in [0.4, 0.5) is 5.69 Å². The van der Waals surface area contributed by atoms with E-state index in [1.165, 1.54) is 57.9 Å². The fourth-order valence-electron chi connectivity index (χ4n) is 2.18. The zero-order valence-corrected chi connectivity index (χ0v) is 15.4. The maximum Gasteiger partial charge on any atom is 0.271 e. The summed E-state index contributed by atoms with van der Waals surface area (Å²) in [5.41, 5.74) is 2.67. The molecule has 0 fully saturated rings. The van der Waals surface area contributed by atoms with E-state index in [4.69, 9.17) is 25.8 Å². The number of benzene rings is 2. The van der Waals surface area contributed by atoms with E-state index in [1.54, 1.807) is 0 Å². The zero-order chi connectivity index (χ0) is 20.0.